The Morgan fingerprint density at radius 2 is 2.30 bits per heavy atom. The third-order valence-electron chi connectivity index (χ3n) is 0.822. The van der Waals surface area contributed by atoms with E-state index >= 15 is 0 Å². The smallest absolute Gasteiger partial charge is 0.405 e. The highest BCUT2D eigenvalue weighted by atomic mass is 35.5. The highest BCUT2D eigenvalue weighted by Crippen LogP contribution is 1.99. The molecule has 0 radical (unpaired) electrons. The lowest BCUT2D eigenvalue weighted by molar-refractivity contribution is 0.193. The molecule has 0 aromatic rings. The summed E-state index contributed by atoms with van der Waals surface area (Å²) in [6.45, 7) is 1.94. The highest BCUT2D eigenvalue weighted by molar-refractivity contribution is 6.21. The predicted molar refractivity (Wildman–Crippen MR) is 43.0 cm³/mol. The normalized spacial score (nSPS) is 11.4. The van der Waals surface area contributed by atoms with Gasteiger partial charge in [0.25, 0.3) is 0 Å². The average Bonchev–Trinajstić information content (AvgIpc) is 1.63. The van der Waals surface area contributed by atoms with Crippen molar-refractivity contribution >= 4 is 30.1 Å². The number of rotatable bonds is 3. The molecule has 0 aliphatic rings. The van der Waals surface area contributed by atoms with Gasteiger partial charge < -0.3 is 10.4 Å². The van der Waals surface area contributed by atoms with Gasteiger partial charge in [0.15, 0.2) is 0 Å². The first-order chi connectivity index (χ1) is 4.16. The van der Waals surface area contributed by atoms with Crippen LogP contribution in [0, 0.1) is 0 Å². The SMILES string of the molecule is CCCC(Cl)NC(=O)O.Cl. The van der Waals surface area contributed by atoms with Gasteiger partial charge in [-0.05, 0) is 6.42 Å². The predicted octanol–water partition coefficient (Wildman–Crippen LogP) is 2.04. The van der Waals surface area contributed by atoms with Crippen molar-refractivity contribution < 1.29 is 9.90 Å². The van der Waals surface area contributed by atoms with Crippen LogP contribution in [0.3, 0.4) is 0 Å². The van der Waals surface area contributed by atoms with Crippen LogP contribution in [-0.2, 0) is 0 Å². The maximum absolute atomic E-state index is 9.89. The van der Waals surface area contributed by atoms with E-state index in [0.717, 1.165) is 6.42 Å². The van der Waals surface area contributed by atoms with E-state index < -0.39 is 11.6 Å². The van der Waals surface area contributed by atoms with Crippen LogP contribution in [0.4, 0.5) is 4.79 Å². The van der Waals surface area contributed by atoms with Crippen LogP contribution in [-0.4, -0.2) is 16.7 Å². The van der Waals surface area contributed by atoms with E-state index in [1.54, 1.807) is 0 Å². The van der Waals surface area contributed by atoms with E-state index in [0.29, 0.717) is 6.42 Å². The van der Waals surface area contributed by atoms with Crippen molar-refractivity contribution in [2.75, 3.05) is 0 Å². The van der Waals surface area contributed by atoms with Crippen molar-refractivity contribution in [3.05, 3.63) is 0 Å². The molecule has 0 heterocycles. The van der Waals surface area contributed by atoms with Crippen LogP contribution in [0.5, 0.6) is 0 Å². The van der Waals surface area contributed by atoms with Gasteiger partial charge in [0, 0.05) is 0 Å². The molecule has 0 rings (SSSR count). The van der Waals surface area contributed by atoms with Crippen LogP contribution < -0.4 is 5.32 Å². The summed E-state index contributed by atoms with van der Waals surface area (Å²) in [6, 6.07) is 0. The van der Waals surface area contributed by atoms with Gasteiger partial charge >= 0.3 is 6.09 Å². The lowest BCUT2D eigenvalue weighted by Crippen LogP contribution is -2.28. The number of carbonyl (C=O) groups is 1. The first-order valence-electron chi connectivity index (χ1n) is 2.80. The van der Waals surface area contributed by atoms with Gasteiger partial charge in [-0.25, -0.2) is 4.79 Å². The summed E-state index contributed by atoms with van der Waals surface area (Å²) in [7, 11) is 0. The second-order valence-corrected chi connectivity index (χ2v) is 2.23. The van der Waals surface area contributed by atoms with E-state index in [-0.39, 0.29) is 12.4 Å². The number of alkyl halides is 1. The van der Waals surface area contributed by atoms with Gasteiger partial charge in [-0.3, -0.25) is 0 Å². The van der Waals surface area contributed by atoms with Gasteiger partial charge in [-0.1, -0.05) is 24.9 Å². The molecule has 1 amide bonds. The summed E-state index contributed by atoms with van der Waals surface area (Å²) in [5, 5.41) is 10.2. The Morgan fingerprint density at radius 1 is 1.80 bits per heavy atom. The fraction of sp³-hybridized carbons (Fsp3) is 0.800. The maximum Gasteiger partial charge on any atom is 0.405 e. The zero-order chi connectivity index (χ0) is 7.28. The molecule has 0 spiro atoms. The van der Waals surface area contributed by atoms with Crippen LogP contribution in [0.1, 0.15) is 19.8 Å². The highest BCUT2D eigenvalue weighted by Gasteiger charge is 2.03. The molecule has 10 heavy (non-hydrogen) atoms. The first-order valence-corrected chi connectivity index (χ1v) is 3.24. The van der Waals surface area contributed by atoms with Crippen LogP contribution >= 0.6 is 24.0 Å². The Labute approximate surface area is 71.2 Å². The van der Waals surface area contributed by atoms with E-state index in [1.165, 1.54) is 0 Å². The molecule has 1 unspecified atom stereocenters. The number of nitrogens with one attached hydrogen (secondary N) is 1. The summed E-state index contributed by atoms with van der Waals surface area (Å²) in [5.41, 5.74) is -0.438. The zero-order valence-corrected chi connectivity index (χ0v) is 7.21. The van der Waals surface area contributed by atoms with Crippen molar-refractivity contribution in [1.29, 1.82) is 0 Å². The molecule has 0 aliphatic carbocycles. The van der Waals surface area contributed by atoms with Crippen molar-refractivity contribution in [3.8, 4) is 0 Å². The molecule has 0 saturated heterocycles. The second-order valence-electron chi connectivity index (χ2n) is 1.71. The van der Waals surface area contributed by atoms with Gasteiger partial charge in [-0.15, -0.1) is 12.4 Å². The number of hydrogen-bond acceptors (Lipinski definition) is 1. The van der Waals surface area contributed by atoms with Crippen LogP contribution in [0.2, 0.25) is 0 Å². The Balaban J connectivity index is 0. The molecule has 0 aliphatic heterocycles. The molecular formula is C5H11Cl2NO2. The summed E-state index contributed by atoms with van der Waals surface area (Å²) in [5.74, 6) is 0. The fourth-order valence-electron chi connectivity index (χ4n) is 0.460. The van der Waals surface area contributed by atoms with E-state index in [9.17, 15) is 4.79 Å². The Kier molecular flexibility index (Phi) is 8.72. The minimum Gasteiger partial charge on any atom is -0.465 e. The van der Waals surface area contributed by atoms with Crippen LogP contribution in [0.25, 0.3) is 0 Å². The summed E-state index contributed by atoms with van der Waals surface area (Å²) in [4.78, 5) is 9.89. The first kappa shape index (κ1) is 12.5. The fourth-order valence-corrected chi connectivity index (χ4v) is 0.771. The molecule has 5 heteroatoms. The Hall–Kier alpha value is -0.150. The minimum atomic E-state index is -1.07. The van der Waals surface area contributed by atoms with Crippen molar-refractivity contribution in [2.45, 2.75) is 25.3 Å². The lowest BCUT2D eigenvalue weighted by atomic mass is 10.3. The van der Waals surface area contributed by atoms with E-state index in [4.69, 9.17) is 16.7 Å². The molecule has 0 fully saturated rings. The third-order valence-corrected chi connectivity index (χ3v) is 1.15. The van der Waals surface area contributed by atoms with Gasteiger partial charge in [0.1, 0.15) is 5.50 Å². The molecular weight excluding hydrogens is 177 g/mol. The number of halogens is 2. The average molecular weight is 188 g/mol. The Bertz CT molecular complexity index is 99.6. The molecule has 0 aromatic heterocycles. The van der Waals surface area contributed by atoms with E-state index in [1.807, 2.05) is 6.92 Å². The summed E-state index contributed by atoms with van der Waals surface area (Å²) in [6.07, 6.45) is 0.492. The second kappa shape index (κ2) is 6.96. The number of carboxylic acid groups (broad SMARTS) is 1. The van der Waals surface area contributed by atoms with E-state index in [2.05, 4.69) is 5.32 Å². The quantitative estimate of drug-likeness (QED) is 0.525. The topological polar surface area (TPSA) is 49.3 Å². The molecule has 2 N–H and O–H groups in total. The summed E-state index contributed by atoms with van der Waals surface area (Å²) < 4.78 is 0. The zero-order valence-electron chi connectivity index (χ0n) is 5.63. The maximum atomic E-state index is 9.89. The van der Waals surface area contributed by atoms with Crippen molar-refractivity contribution in [2.24, 2.45) is 0 Å². The standard InChI is InChI=1S/C5H10ClNO2.ClH/c1-2-3-4(6)7-5(8)9;/h4,7H,2-3H2,1H3,(H,8,9);1H. The molecule has 62 valence electrons. The Morgan fingerprint density at radius 3 is 2.60 bits per heavy atom. The van der Waals surface area contributed by atoms with Gasteiger partial charge in [0.05, 0.1) is 0 Å². The van der Waals surface area contributed by atoms with Crippen molar-refractivity contribution in [3.63, 3.8) is 0 Å². The third kappa shape index (κ3) is 7.85. The molecule has 0 aromatic carbocycles. The number of amides is 1. The minimum absolute atomic E-state index is 0. The monoisotopic (exact) mass is 187 g/mol. The molecule has 3 nitrogen and oxygen atoms in total. The molecule has 0 saturated carbocycles. The van der Waals surface area contributed by atoms with Gasteiger partial charge in [-0.2, -0.15) is 0 Å². The van der Waals surface area contributed by atoms with Gasteiger partial charge in [0.2, 0.25) is 0 Å². The molecule has 0 bridgehead atoms. The molecule has 1 atom stereocenters. The number of hydrogen-bond donors (Lipinski definition) is 2. The van der Waals surface area contributed by atoms with Crippen LogP contribution in [0.15, 0.2) is 0 Å². The summed E-state index contributed by atoms with van der Waals surface area (Å²) >= 11 is 5.48. The lowest BCUT2D eigenvalue weighted by Gasteiger charge is -2.05. The largest absolute Gasteiger partial charge is 0.465 e. The van der Waals surface area contributed by atoms with Crippen molar-refractivity contribution in [1.82, 2.24) is 5.32 Å².